The standard InChI is InChI=1S/C5H8N4/c1-3-4(2)5-6-8-9-7-5/h3H,1-2H3,(H,6,7,8,9)/b4-3+. The highest BCUT2D eigenvalue weighted by Crippen LogP contribution is 2.02. The molecule has 9 heavy (non-hydrogen) atoms. The monoisotopic (exact) mass is 124 g/mol. The van der Waals surface area contributed by atoms with Crippen LogP contribution in [0.1, 0.15) is 19.7 Å². The third-order valence-corrected chi connectivity index (χ3v) is 1.13. The van der Waals surface area contributed by atoms with E-state index in [0.717, 1.165) is 5.57 Å². The van der Waals surface area contributed by atoms with E-state index in [4.69, 9.17) is 0 Å². The molecule has 4 nitrogen and oxygen atoms in total. The third-order valence-electron chi connectivity index (χ3n) is 1.13. The molecule has 0 amide bonds. The molecule has 1 N–H and O–H groups in total. The van der Waals surface area contributed by atoms with Gasteiger partial charge in [0.2, 0.25) is 0 Å². The van der Waals surface area contributed by atoms with Crippen molar-refractivity contribution in [3.05, 3.63) is 11.9 Å². The number of allylic oxidation sites excluding steroid dienone is 2. The molecule has 0 radical (unpaired) electrons. The van der Waals surface area contributed by atoms with Gasteiger partial charge in [-0.05, 0) is 24.6 Å². The summed E-state index contributed by atoms with van der Waals surface area (Å²) in [5.74, 6) is 0.664. The Labute approximate surface area is 53.0 Å². The molecule has 0 saturated heterocycles. The predicted octanol–water partition coefficient (Wildman–Crippen LogP) is 0.623. The van der Waals surface area contributed by atoms with E-state index in [2.05, 4.69) is 20.6 Å². The van der Waals surface area contributed by atoms with Crippen LogP contribution >= 0.6 is 0 Å². The van der Waals surface area contributed by atoms with Crippen molar-refractivity contribution in [1.82, 2.24) is 20.6 Å². The van der Waals surface area contributed by atoms with Gasteiger partial charge >= 0.3 is 0 Å². The number of H-pyrrole nitrogens is 1. The summed E-state index contributed by atoms with van der Waals surface area (Å²) < 4.78 is 0. The molecule has 0 bridgehead atoms. The number of aromatic nitrogens is 4. The Morgan fingerprint density at radius 2 is 2.44 bits per heavy atom. The lowest BCUT2D eigenvalue weighted by Gasteiger charge is -1.85. The lowest BCUT2D eigenvalue weighted by Crippen LogP contribution is -1.81. The largest absolute Gasteiger partial charge is 0.200 e. The molecular formula is C5H8N4. The van der Waals surface area contributed by atoms with E-state index < -0.39 is 0 Å². The summed E-state index contributed by atoms with van der Waals surface area (Å²) in [6, 6.07) is 0. The summed E-state index contributed by atoms with van der Waals surface area (Å²) in [7, 11) is 0. The van der Waals surface area contributed by atoms with Gasteiger partial charge in [-0.2, -0.15) is 5.21 Å². The lowest BCUT2D eigenvalue weighted by molar-refractivity contribution is 0.881. The third kappa shape index (κ3) is 1.13. The van der Waals surface area contributed by atoms with Crippen molar-refractivity contribution >= 4 is 5.57 Å². The lowest BCUT2D eigenvalue weighted by atomic mass is 10.3. The van der Waals surface area contributed by atoms with Crippen molar-refractivity contribution in [2.75, 3.05) is 0 Å². The summed E-state index contributed by atoms with van der Waals surface area (Å²) in [6.45, 7) is 3.87. The molecule has 0 unspecified atom stereocenters. The number of tetrazole rings is 1. The summed E-state index contributed by atoms with van der Waals surface area (Å²) in [6.07, 6.45) is 1.94. The first-order chi connectivity index (χ1) is 4.34. The molecule has 0 atom stereocenters. The maximum absolute atomic E-state index is 3.77. The van der Waals surface area contributed by atoms with Gasteiger partial charge in [0.25, 0.3) is 0 Å². The Morgan fingerprint density at radius 1 is 1.67 bits per heavy atom. The van der Waals surface area contributed by atoms with E-state index in [9.17, 15) is 0 Å². The van der Waals surface area contributed by atoms with Crippen LogP contribution in [0.5, 0.6) is 0 Å². The zero-order valence-electron chi connectivity index (χ0n) is 5.42. The molecule has 0 saturated carbocycles. The summed E-state index contributed by atoms with van der Waals surface area (Å²) in [4.78, 5) is 0. The van der Waals surface area contributed by atoms with Crippen molar-refractivity contribution in [2.45, 2.75) is 13.8 Å². The minimum Gasteiger partial charge on any atom is -0.177 e. The number of nitrogens with one attached hydrogen (secondary N) is 1. The van der Waals surface area contributed by atoms with Crippen LogP contribution in [-0.4, -0.2) is 20.6 Å². The quantitative estimate of drug-likeness (QED) is 0.597. The smallest absolute Gasteiger partial charge is 0.177 e. The highest BCUT2D eigenvalue weighted by molar-refractivity contribution is 5.55. The highest BCUT2D eigenvalue weighted by atomic mass is 15.5. The fourth-order valence-corrected chi connectivity index (χ4v) is 0.458. The fraction of sp³-hybridized carbons (Fsp3) is 0.400. The maximum atomic E-state index is 3.77. The van der Waals surface area contributed by atoms with E-state index >= 15 is 0 Å². The summed E-state index contributed by atoms with van der Waals surface area (Å²) >= 11 is 0. The molecular weight excluding hydrogens is 116 g/mol. The summed E-state index contributed by atoms with van der Waals surface area (Å²) in [5, 5.41) is 13.3. The normalized spacial score (nSPS) is 12.0. The molecule has 1 aromatic heterocycles. The molecule has 0 aliphatic rings. The van der Waals surface area contributed by atoms with Gasteiger partial charge in [0.05, 0.1) is 0 Å². The molecule has 48 valence electrons. The van der Waals surface area contributed by atoms with Gasteiger partial charge in [0, 0.05) is 0 Å². The van der Waals surface area contributed by atoms with Crippen LogP contribution in [-0.2, 0) is 0 Å². The Kier molecular flexibility index (Phi) is 1.58. The van der Waals surface area contributed by atoms with E-state index in [1.54, 1.807) is 0 Å². The highest BCUT2D eigenvalue weighted by Gasteiger charge is 1.96. The van der Waals surface area contributed by atoms with Gasteiger partial charge in [0.15, 0.2) is 5.82 Å². The zero-order valence-corrected chi connectivity index (χ0v) is 5.42. The molecule has 0 fully saturated rings. The second-order valence-electron chi connectivity index (χ2n) is 1.71. The Bertz CT molecular complexity index is 199. The van der Waals surface area contributed by atoms with Crippen LogP contribution in [0.3, 0.4) is 0 Å². The first-order valence-corrected chi connectivity index (χ1v) is 2.71. The second kappa shape index (κ2) is 2.39. The van der Waals surface area contributed by atoms with Crippen molar-refractivity contribution in [1.29, 1.82) is 0 Å². The number of hydrogen-bond donors (Lipinski definition) is 1. The first kappa shape index (κ1) is 5.94. The average molecular weight is 124 g/mol. The van der Waals surface area contributed by atoms with Crippen molar-refractivity contribution < 1.29 is 0 Å². The van der Waals surface area contributed by atoms with Crippen LogP contribution in [0.15, 0.2) is 6.08 Å². The van der Waals surface area contributed by atoms with Gasteiger partial charge < -0.3 is 0 Å². The van der Waals surface area contributed by atoms with Crippen LogP contribution in [0.2, 0.25) is 0 Å². The van der Waals surface area contributed by atoms with Crippen LogP contribution in [0.25, 0.3) is 5.57 Å². The fourth-order valence-electron chi connectivity index (χ4n) is 0.458. The van der Waals surface area contributed by atoms with E-state index in [1.165, 1.54) is 0 Å². The number of nitrogens with zero attached hydrogens (tertiary/aromatic N) is 3. The Morgan fingerprint density at radius 3 is 2.89 bits per heavy atom. The van der Waals surface area contributed by atoms with Crippen molar-refractivity contribution in [2.24, 2.45) is 0 Å². The molecule has 0 aliphatic heterocycles. The van der Waals surface area contributed by atoms with Gasteiger partial charge in [-0.25, -0.2) is 0 Å². The van der Waals surface area contributed by atoms with Crippen LogP contribution < -0.4 is 0 Å². The van der Waals surface area contributed by atoms with Gasteiger partial charge in [-0.3, -0.25) is 0 Å². The van der Waals surface area contributed by atoms with E-state index in [1.807, 2.05) is 19.9 Å². The minimum atomic E-state index is 0.664. The topological polar surface area (TPSA) is 54.5 Å². The molecule has 0 spiro atoms. The molecule has 0 aromatic carbocycles. The van der Waals surface area contributed by atoms with Gasteiger partial charge in [-0.15, -0.1) is 10.2 Å². The van der Waals surface area contributed by atoms with Crippen molar-refractivity contribution in [3.63, 3.8) is 0 Å². The molecule has 1 heterocycles. The van der Waals surface area contributed by atoms with E-state index in [0.29, 0.717) is 5.82 Å². The zero-order chi connectivity index (χ0) is 6.69. The average Bonchev–Trinajstić information content (AvgIpc) is 2.37. The molecule has 4 heteroatoms. The SMILES string of the molecule is C/C=C(\C)c1nn[nH]n1. The van der Waals surface area contributed by atoms with E-state index in [-0.39, 0.29) is 0 Å². The first-order valence-electron chi connectivity index (χ1n) is 2.71. The molecule has 1 rings (SSSR count). The van der Waals surface area contributed by atoms with Crippen LogP contribution in [0, 0.1) is 0 Å². The van der Waals surface area contributed by atoms with Crippen LogP contribution in [0.4, 0.5) is 0 Å². The predicted molar refractivity (Wildman–Crippen MR) is 33.5 cm³/mol. The number of rotatable bonds is 1. The Hall–Kier alpha value is -1.19. The van der Waals surface area contributed by atoms with Gasteiger partial charge in [-0.1, -0.05) is 6.08 Å². The maximum Gasteiger partial charge on any atom is 0.200 e. The Balaban J connectivity index is 2.90. The van der Waals surface area contributed by atoms with Crippen molar-refractivity contribution in [3.8, 4) is 0 Å². The summed E-state index contributed by atoms with van der Waals surface area (Å²) in [5.41, 5.74) is 1.03. The number of hydrogen-bond acceptors (Lipinski definition) is 3. The molecule has 1 aromatic rings. The minimum absolute atomic E-state index is 0.664. The molecule has 0 aliphatic carbocycles. The number of aromatic amines is 1. The van der Waals surface area contributed by atoms with Gasteiger partial charge in [0.1, 0.15) is 0 Å². The second-order valence-corrected chi connectivity index (χ2v) is 1.71.